The number of halogens is 1. The lowest BCUT2D eigenvalue weighted by molar-refractivity contribution is 0.871. The van der Waals surface area contributed by atoms with E-state index in [1.807, 2.05) is 29.6 Å². The highest BCUT2D eigenvalue weighted by Gasteiger charge is 2.11. The summed E-state index contributed by atoms with van der Waals surface area (Å²) in [6, 6.07) is 9.09. The Hall–Kier alpha value is -2.52. The van der Waals surface area contributed by atoms with Gasteiger partial charge in [-0.25, -0.2) is 14.6 Å². The fraction of sp³-hybridized carbons (Fsp3) is 0. The third-order valence-corrected chi connectivity index (χ3v) is 4.06. The van der Waals surface area contributed by atoms with Crippen molar-refractivity contribution in [2.75, 3.05) is 0 Å². The van der Waals surface area contributed by atoms with E-state index in [1.165, 1.54) is 6.33 Å². The van der Waals surface area contributed by atoms with Crippen LogP contribution in [0.1, 0.15) is 5.56 Å². The molecule has 0 saturated carbocycles. The van der Waals surface area contributed by atoms with Gasteiger partial charge in [-0.1, -0.05) is 17.1 Å². The van der Waals surface area contributed by atoms with Crippen LogP contribution in [0.5, 0.6) is 0 Å². The summed E-state index contributed by atoms with van der Waals surface area (Å²) >= 11 is 6.07. The van der Waals surface area contributed by atoms with Crippen LogP contribution in [0.4, 0.5) is 0 Å². The number of nitrogens with zero attached hydrogens (tertiary/aromatic N) is 5. The molecule has 108 valence electrons. The summed E-state index contributed by atoms with van der Waals surface area (Å²) in [5.41, 5.74) is 5.11. The summed E-state index contributed by atoms with van der Waals surface area (Å²) in [4.78, 5) is 8.60. The van der Waals surface area contributed by atoms with Gasteiger partial charge in [0.15, 0.2) is 21.5 Å². The topological polar surface area (TPSA) is 67.4 Å². The normalized spacial score (nSPS) is 10.4. The number of hydrogen-bond donors (Lipinski definition) is 0. The summed E-state index contributed by atoms with van der Waals surface area (Å²) < 4.78 is 1.80. The van der Waals surface area contributed by atoms with E-state index >= 15 is 0 Å². The molecule has 5 nitrogen and oxygen atoms in total. The third-order valence-electron chi connectivity index (χ3n) is 3.85. The molecular formula is C14H11B3ClN5. The van der Waals surface area contributed by atoms with Crippen LogP contribution in [-0.2, 0) is 0 Å². The molecule has 0 aliphatic heterocycles. The van der Waals surface area contributed by atoms with E-state index in [9.17, 15) is 0 Å². The molecule has 2 aromatic heterocycles. The lowest BCUT2D eigenvalue weighted by Crippen LogP contribution is -2.35. The molecule has 0 bridgehead atoms. The first-order valence-electron chi connectivity index (χ1n) is 7.06. The van der Waals surface area contributed by atoms with Crippen molar-refractivity contribution < 1.29 is 0 Å². The van der Waals surface area contributed by atoms with E-state index in [4.69, 9.17) is 16.9 Å². The Bertz CT molecular complexity index is 948. The average molecular weight is 317 g/mol. The van der Waals surface area contributed by atoms with Gasteiger partial charge in [-0.3, -0.25) is 0 Å². The average Bonchev–Trinajstić information content (AvgIpc) is 2.82. The molecule has 0 radical (unpaired) electrons. The van der Waals surface area contributed by atoms with E-state index in [1.54, 1.807) is 22.9 Å². The van der Waals surface area contributed by atoms with Gasteiger partial charge >= 0.3 is 0 Å². The van der Waals surface area contributed by atoms with Crippen molar-refractivity contribution in [3.8, 4) is 23.1 Å². The maximum absolute atomic E-state index is 9.08. The zero-order valence-electron chi connectivity index (χ0n) is 13.0. The Morgan fingerprint density at radius 3 is 2.52 bits per heavy atom. The lowest BCUT2D eigenvalue weighted by atomic mass is 9.80. The van der Waals surface area contributed by atoms with E-state index in [0.29, 0.717) is 22.1 Å². The fourth-order valence-electron chi connectivity index (χ4n) is 2.37. The van der Waals surface area contributed by atoms with Crippen LogP contribution in [-0.4, -0.2) is 43.3 Å². The molecule has 9 heteroatoms. The Morgan fingerprint density at radius 2 is 1.87 bits per heavy atom. The van der Waals surface area contributed by atoms with Gasteiger partial charge in [-0.15, -0.1) is 0 Å². The van der Waals surface area contributed by atoms with Crippen molar-refractivity contribution in [3.05, 3.63) is 41.2 Å². The molecule has 0 atom stereocenters. The number of aromatic nitrogens is 4. The summed E-state index contributed by atoms with van der Waals surface area (Å²) in [6.45, 7) is 0. The molecule has 0 amide bonds. The molecule has 0 fully saturated rings. The third kappa shape index (κ3) is 2.88. The van der Waals surface area contributed by atoms with Crippen LogP contribution in [0.2, 0.25) is 5.02 Å². The molecule has 0 N–H and O–H groups in total. The van der Waals surface area contributed by atoms with Crippen molar-refractivity contribution in [3.63, 3.8) is 0 Å². The first-order valence-corrected chi connectivity index (χ1v) is 7.43. The monoisotopic (exact) mass is 317 g/mol. The van der Waals surface area contributed by atoms with Gasteiger partial charge in [-0.2, -0.15) is 10.4 Å². The molecule has 3 rings (SSSR count). The largest absolute Gasteiger partial charge is 0.236 e. The minimum Gasteiger partial charge on any atom is -0.236 e. The predicted octanol–water partition coefficient (Wildman–Crippen LogP) is -2.37. The highest BCUT2D eigenvalue weighted by molar-refractivity contribution is 6.56. The summed E-state index contributed by atoms with van der Waals surface area (Å²) in [5, 5.41) is 14.1. The maximum Gasteiger partial charge on any atom is 0.165 e. The maximum atomic E-state index is 9.08. The van der Waals surface area contributed by atoms with Crippen LogP contribution >= 0.6 is 11.6 Å². The molecule has 0 aliphatic rings. The second-order valence-corrected chi connectivity index (χ2v) is 5.75. The minimum atomic E-state index is 0.495. The number of benzene rings is 1. The van der Waals surface area contributed by atoms with Gasteiger partial charge in [-0.05, 0) is 23.8 Å². The zero-order chi connectivity index (χ0) is 16.6. The summed E-state index contributed by atoms with van der Waals surface area (Å²) in [7, 11) is 6.01. The molecule has 2 heterocycles. The lowest BCUT2D eigenvalue weighted by Gasteiger charge is -2.07. The summed E-state index contributed by atoms with van der Waals surface area (Å²) in [5.74, 6) is 0.683. The van der Waals surface area contributed by atoms with Gasteiger partial charge in [0, 0.05) is 22.2 Å². The van der Waals surface area contributed by atoms with E-state index < -0.39 is 0 Å². The van der Waals surface area contributed by atoms with Gasteiger partial charge < -0.3 is 0 Å². The fourth-order valence-corrected chi connectivity index (χ4v) is 2.60. The number of rotatable bonds is 2. The van der Waals surface area contributed by atoms with Gasteiger partial charge in [0.05, 0.1) is 17.3 Å². The van der Waals surface area contributed by atoms with Crippen molar-refractivity contribution in [2.45, 2.75) is 0 Å². The van der Waals surface area contributed by atoms with Gasteiger partial charge in [0.25, 0.3) is 0 Å². The van der Waals surface area contributed by atoms with Crippen LogP contribution in [0.15, 0.2) is 30.6 Å². The Kier molecular flexibility index (Phi) is 3.97. The first-order chi connectivity index (χ1) is 11.0. The smallest absolute Gasteiger partial charge is 0.165 e. The molecule has 3 aromatic rings. The van der Waals surface area contributed by atoms with Crippen molar-refractivity contribution in [1.82, 2.24) is 19.7 Å². The van der Waals surface area contributed by atoms with Gasteiger partial charge in [0.1, 0.15) is 14.2 Å². The number of nitriles is 1. The second kappa shape index (κ2) is 5.94. The minimum absolute atomic E-state index is 0.495. The molecule has 0 spiro atoms. The molecule has 23 heavy (non-hydrogen) atoms. The van der Waals surface area contributed by atoms with E-state index in [2.05, 4.69) is 21.1 Å². The van der Waals surface area contributed by atoms with Crippen molar-refractivity contribution >= 4 is 51.8 Å². The Balaban J connectivity index is 2.12. The van der Waals surface area contributed by atoms with Crippen LogP contribution in [0.3, 0.4) is 0 Å². The quantitative estimate of drug-likeness (QED) is 0.496. The molecule has 0 unspecified atom stereocenters. The molecule has 0 aliphatic carbocycles. The Labute approximate surface area is 141 Å². The predicted molar refractivity (Wildman–Crippen MR) is 98.8 cm³/mol. The first kappa shape index (κ1) is 15.4. The van der Waals surface area contributed by atoms with Crippen molar-refractivity contribution in [2.24, 2.45) is 0 Å². The van der Waals surface area contributed by atoms with E-state index in [-0.39, 0.29) is 0 Å². The van der Waals surface area contributed by atoms with E-state index in [0.717, 1.165) is 22.2 Å². The van der Waals surface area contributed by atoms with Gasteiger partial charge in [0.2, 0.25) is 0 Å². The standard InChI is InChI=1S/C14H11B3ClN5/c15-12-13(16)22-23(14(12)17)11-4-10(20-6-21-11)8-1-7(5-19)2-9(18)3-8/h1-4,6H,15-17H2. The highest BCUT2D eigenvalue weighted by atomic mass is 35.5. The van der Waals surface area contributed by atoms with Crippen molar-refractivity contribution in [1.29, 1.82) is 5.26 Å². The summed E-state index contributed by atoms with van der Waals surface area (Å²) in [6.07, 6.45) is 1.49. The van der Waals surface area contributed by atoms with Crippen LogP contribution in [0, 0.1) is 11.3 Å². The molecule has 1 aromatic carbocycles. The molecule has 0 saturated heterocycles. The highest BCUT2D eigenvalue weighted by Crippen LogP contribution is 2.23. The Morgan fingerprint density at radius 1 is 1.09 bits per heavy atom. The SMILES string of the molecule is Bc1nn(-c2cc(-c3cc(Cl)cc(C#N)c3)ncn2)c(B)c1B. The zero-order valence-corrected chi connectivity index (χ0v) is 13.8. The molecular weight excluding hydrogens is 306 g/mol. The second-order valence-electron chi connectivity index (χ2n) is 5.31. The van der Waals surface area contributed by atoms with Crippen LogP contribution in [0.25, 0.3) is 17.1 Å². The van der Waals surface area contributed by atoms with Crippen LogP contribution < -0.4 is 16.6 Å². The number of hydrogen-bond acceptors (Lipinski definition) is 4.